The third-order valence-electron chi connectivity index (χ3n) is 0.973. The normalized spacial score (nSPS) is 13.2. The molecule has 0 spiro atoms. The van der Waals surface area contributed by atoms with Gasteiger partial charge in [-0.3, -0.25) is 4.79 Å². The average molecular weight is 133 g/mol. The van der Waals surface area contributed by atoms with E-state index in [1.54, 1.807) is 0 Å². The Hall–Kier alpha value is -0.180. The molecule has 1 amide bonds. The van der Waals surface area contributed by atoms with Crippen LogP contribution in [-0.2, 0) is 4.79 Å². The number of hydrogen-bond acceptors (Lipinski definition) is 2. The molecule has 2 nitrogen and oxygen atoms in total. The Morgan fingerprint density at radius 2 is 2.38 bits per heavy atom. The molecule has 0 fully saturated rings. The SMILES string of the molecule is CCC(SC)C(N)=O. The third kappa shape index (κ3) is 2.21. The van der Waals surface area contributed by atoms with Gasteiger partial charge in [0.2, 0.25) is 5.91 Å². The molecule has 0 aliphatic carbocycles. The molecule has 0 aliphatic rings. The summed E-state index contributed by atoms with van der Waals surface area (Å²) in [6.45, 7) is 1.95. The van der Waals surface area contributed by atoms with Crippen molar-refractivity contribution in [1.29, 1.82) is 0 Å². The van der Waals surface area contributed by atoms with Gasteiger partial charge in [0.25, 0.3) is 0 Å². The van der Waals surface area contributed by atoms with E-state index in [9.17, 15) is 4.79 Å². The van der Waals surface area contributed by atoms with Crippen LogP contribution >= 0.6 is 11.8 Å². The minimum absolute atomic E-state index is 0.00926. The van der Waals surface area contributed by atoms with Gasteiger partial charge < -0.3 is 5.73 Å². The zero-order valence-electron chi connectivity index (χ0n) is 5.18. The van der Waals surface area contributed by atoms with E-state index in [0.29, 0.717) is 0 Å². The number of thioether (sulfide) groups is 1. The van der Waals surface area contributed by atoms with Crippen LogP contribution in [0.4, 0.5) is 0 Å². The maximum atomic E-state index is 10.4. The largest absolute Gasteiger partial charge is 0.369 e. The second-order valence-electron chi connectivity index (χ2n) is 1.53. The first kappa shape index (κ1) is 7.82. The predicted molar refractivity (Wildman–Crippen MR) is 36.8 cm³/mol. The quantitative estimate of drug-likeness (QED) is 0.613. The van der Waals surface area contributed by atoms with E-state index in [1.165, 1.54) is 11.8 Å². The van der Waals surface area contributed by atoms with Gasteiger partial charge in [0.1, 0.15) is 0 Å². The van der Waals surface area contributed by atoms with Crippen LogP contribution in [0.25, 0.3) is 0 Å². The molecular weight excluding hydrogens is 122 g/mol. The van der Waals surface area contributed by atoms with Gasteiger partial charge in [0.05, 0.1) is 5.25 Å². The molecule has 2 N–H and O–H groups in total. The highest BCUT2D eigenvalue weighted by atomic mass is 32.2. The standard InChI is InChI=1S/C5H11NOS/c1-3-4(8-2)5(6)7/h4H,3H2,1-2H3,(H2,6,7). The molecule has 1 unspecified atom stereocenters. The summed E-state index contributed by atoms with van der Waals surface area (Å²) in [5.41, 5.74) is 5.00. The topological polar surface area (TPSA) is 43.1 Å². The van der Waals surface area contributed by atoms with Gasteiger partial charge in [-0.15, -0.1) is 0 Å². The number of hydrogen-bond donors (Lipinski definition) is 1. The minimum atomic E-state index is -0.208. The Labute approximate surface area is 53.8 Å². The van der Waals surface area contributed by atoms with E-state index in [-0.39, 0.29) is 11.2 Å². The summed E-state index contributed by atoms with van der Waals surface area (Å²) < 4.78 is 0. The van der Waals surface area contributed by atoms with Crippen molar-refractivity contribution in [2.24, 2.45) is 5.73 Å². The average Bonchev–Trinajstić information content (AvgIpc) is 1.69. The summed E-state index contributed by atoms with van der Waals surface area (Å²) in [6.07, 6.45) is 2.72. The summed E-state index contributed by atoms with van der Waals surface area (Å²) in [4.78, 5) is 10.4. The number of primary amides is 1. The molecule has 0 bridgehead atoms. The van der Waals surface area contributed by atoms with Crippen LogP contribution in [0.2, 0.25) is 0 Å². The molecule has 0 aromatic rings. The summed E-state index contributed by atoms with van der Waals surface area (Å²) in [7, 11) is 0. The van der Waals surface area contributed by atoms with E-state index >= 15 is 0 Å². The monoisotopic (exact) mass is 133 g/mol. The Kier molecular flexibility index (Phi) is 3.69. The van der Waals surface area contributed by atoms with Gasteiger partial charge in [-0.2, -0.15) is 11.8 Å². The molecule has 0 aliphatic heterocycles. The van der Waals surface area contributed by atoms with Crippen LogP contribution < -0.4 is 5.73 Å². The van der Waals surface area contributed by atoms with Crippen molar-refractivity contribution in [3.63, 3.8) is 0 Å². The molecule has 0 aromatic carbocycles. The van der Waals surface area contributed by atoms with E-state index in [2.05, 4.69) is 0 Å². The second kappa shape index (κ2) is 3.78. The fourth-order valence-corrected chi connectivity index (χ4v) is 1.05. The van der Waals surface area contributed by atoms with Crippen molar-refractivity contribution in [1.82, 2.24) is 0 Å². The Morgan fingerprint density at radius 3 is 2.38 bits per heavy atom. The fourth-order valence-electron chi connectivity index (χ4n) is 0.484. The molecular formula is C5H11NOS. The number of carbonyl (C=O) groups is 1. The lowest BCUT2D eigenvalue weighted by atomic mass is 10.3. The number of rotatable bonds is 3. The Bertz CT molecular complexity index is 80.5. The second-order valence-corrected chi connectivity index (χ2v) is 2.58. The minimum Gasteiger partial charge on any atom is -0.369 e. The number of amides is 1. The van der Waals surface area contributed by atoms with E-state index < -0.39 is 0 Å². The first-order valence-electron chi connectivity index (χ1n) is 2.54. The van der Waals surface area contributed by atoms with Gasteiger partial charge in [-0.1, -0.05) is 6.92 Å². The first-order chi connectivity index (χ1) is 3.72. The summed E-state index contributed by atoms with van der Waals surface area (Å²) >= 11 is 1.50. The smallest absolute Gasteiger partial charge is 0.230 e. The maximum absolute atomic E-state index is 10.4. The van der Waals surface area contributed by atoms with Gasteiger partial charge in [-0.05, 0) is 12.7 Å². The van der Waals surface area contributed by atoms with Crippen LogP contribution in [0.15, 0.2) is 0 Å². The fraction of sp³-hybridized carbons (Fsp3) is 0.800. The zero-order valence-corrected chi connectivity index (χ0v) is 5.99. The van der Waals surface area contributed by atoms with Crippen LogP contribution in [0.5, 0.6) is 0 Å². The highest BCUT2D eigenvalue weighted by Crippen LogP contribution is 2.08. The van der Waals surface area contributed by atoms with Crippen LogP contribution in [0.1, 0.15) is 13.3 Å². The van der Waals surface area contributed by atoms with Crippen LogP contribution in [0, 0.1) is 0 Å². The molecule has 0 saturated heterocycles. The number of carbonyl (C=O) groups excluding carboxylic acids is 1. The van der Waals surface area contributed by atoms with Gasteiger partial charge >= 0.3 is 0 Å². The lowest BCUT2D eigenvalue weighted by molar-refractivity contribution is -0.117. The molecule has 0 radical (unpaired) electrons. The van der Waals surface area contributed by atoms with E-state index in [0.717, 1.165) is 6.42 Å². The van der Waals surface area contributed by atoms with Crippen molar-refractivity contribution >= 4 is 17.7 Å². The van der Waals surface area contributed by atoms with E-state index in [4.69, 9.17) is 5.73 Å². The molecule has 8 heavy (non-hydrogen) atoms. The Morgan fingerprint density at radius 1 is 1.88 bits per heavy atom. The number of nitrogens with two attached hydrogens (primary N) is 1. The molecule has 1 atom stereocenters. The van der Waals surface area contributed by atoms with Crippen LogP contribution in [0.3, 0.4) is 0 Å². The zero-order chi connectivity index (χ0) is 6.57. The van der Waals surface area contributed by atoms with Crippen molar-refractivity contribution < 1.29 is 4.79 Å². The molecule has 0 heterocycles. The van der Waals surface area contributed by atoms with Crippen LogP contribution in [-0.4, -0.2) is 17.4 Å². The molecule has 0 rings (SSSR count). The molecule has 3 heteroatoms. The van der Waals surface area contributed by atoms with Gasteiger partial charge in [0, 0.05) is 0 Å². The van der Waals surface area contributed by atoms with E-state index in [1.807, 2.05) is 13.2 Å². The summed E-state index contributed by atoms with van der Waals surface area (Å²) in [5, 5.41) is 0.00926. The lowest BCUT2D eigenvalue weighted by Crippen LogP contribution is -2.24. The first-order valence-corrected chi connectivity index (χ1v) is 3.83. The Balaban J connectivity index is 3.52. The van der Waals surface area contributed by atoms with Gasteiger partial charge in [0.15, 0.2) is 0 Å². The molecule has 0 aromatic heterocycles. The summed E-state index contributed by atoms with van der Waals surface area (Å²) in [5.74, 6) is -0.208. The molecule has 0 saturated carbocycles. The predicted octanol–water partition coefficient (Wildman–Crippen LogP) is 0.613. The lowest BCUT2D eigenvalue weighted by Gasteiger charge is -2.03. The third-order valence-corrected chi connectivity index (χ3v) is 2.11. The van der Waals surface area contributed by atoms with Crippen molar-refractivity contribution in [3.8, 4) is 0 Å². The molecule has 48 valence electrons. The summed E-state index contributed by atoms with van der Waals surface area (Å²) in [6, 6.07) is 0. The van der Waals surface area contributed by atoms with Crippen molar-refractivity contribution in [3.05, 3.63) is 0 Å². The maximum Gasteiger partial charge on any atom is 0.230 e. The van der Waals surface area contributed by atoms with Gasteiger partial charge in [-0.25, -0.2) is 0 Å². The highest BCUT2D eigenvalue weighted by molar-refractivity contribution is 7.99. The highest BCUT2D eigenvalue weighted by Gasteiger charge is 2.08. The van der Waals surface area contributed by atoms with Crippen molar-refractivity contribution in [2.45, 2.75) is 18.6 Å². The van der Waals surface area contributed by atoms with Crippen molar-refractivity contribution in [2.75, 3.05) is 6.26 Å².